The van der Waals surface area contributed by atoms with Gasteiger partial charge >= 0.3 is 0 Å². The van der Waals surface area contributed by atoms with E-state index in [9.17, 15) is 0 Å². The molecule has 19 heavy (non-hydrogen) atoms. The number of hydrogen-bond donors (Lipinski definition) is 1. The zero-order valence-electron chi connectivity index (χ0n) is 10.7. The maximum absolute atomic E-state index is 6.25. The molecule has 1 N–H and O–H groups in total. The van der Waals surface area contributed by atoms with Crippen LogP contribution in [0.25, 0.3) is 0 Å². The first-order valence-corrected chi connectivity index (χ1v) is 7.98. The van der Waals surface area contributed by atoms with Gasteiger partial charge in [0.1, 0.15) is 12.4 Å². The van der Waals surface area contributed by atoms with Gasteiger partial charge in [-0.3, -0.25) is 0 Å². The SMILES string of the molecule is CNC(C)c1ccc(OCc2sccc2Br)c(Cl)c1. The largest absolute Gasteiger partial charge is 0.486 e. The first-order chi connectivity index (χ1) is 9.11. The Balaban J connectivity index is 2.07. The average Bonchev–Trinajstić information content (AvgIpc) is 2.82. The van der Waals surface area contributed by atoms with Gasteiger partial charge in [-0.25, -0.2) is 0 Å². The molecule has 1 aromatic heterocycles. The van der Waals surface area contributed by atoms with Crippen LogP contribution in [0.1, 0.15) is 23.4 Å². The molecule has 0 bridgehead atoms. The van der Waals surface area contributed by atoms with Gasteiger partial charge in [-0.15, -0.1) is 11.3 Å². The monoisotopic (exact) mass is 359 g/mol. The van der Waals surface area contributed by atoms with Crippen LogP contribution in [0.4, 0.5) is 0 Å². The molecule has 5 heteroatoms. The van der Waals surface area contributed by atoms with Gasteiger partial charge in [0, 0.05) is 10.5 Å². The van der Waals surface area contributed by atoms with Crippen molar-refractivity contribution in [2.75, 3.05) is 7.05 Å². The van der Waals surface area contributed by atoms with E-state index in [-0.39, 0.29) is 6.04 Å². The van der Waals surface area contributed by atoms with E-state index in [1.807, 2.05) is 36.7 Å². The quantitative estimate of drug-likeness (QED) is 0.808. The zero-order valence-corrected chi connectivity index (χ0v) is 13.9. The van der Waals surface area contributed by atoms with Gasteiger partial charge in [0.2, 0.25) is 0 Å². The molecule has 1 atom stereocenters. The topological polar surface area (TPSA) is 21.3 Å². The molecule has 0 spiro atoms. The number of halogens is 2. The van der Waals surface area contributed by atoms with Crippen molar-refractivity contribution in [3.05, 3.63) is 49.6 Å². The Labute approximate surface area is 130 Å². The Kier molecular flexibility index (Phi) is 5.28. The number of rotatable bonds is 5. The molecule has 0 fully saturated rings. The number of benzene rings is 1. The van der Waals surface area contributed by atoms with Crippen molar-refractivity contribution in [1.29, 1.82) is 0 Å². The van der Waals surface area contributed by atoms with E-state index in [0.717, 1.165) is 14.9 Å². The highest BCUT2D eigenvalue weighted by Gasteiger charge is 2.08. The summed E-state index contributed by atoms with van der Waals surface area (Å²) in [7, 11) is 1.93. The fraction of sp³-hybridized carbons (Fsp3) is 0.286. The summed E-state index contributed by atoms with van der Waals surface area (Å²) in [6.45, 7) is 2.62. The molecule has 0 radical (unpaired) electrons. The van der Waals surface area contributed by atoms with Crippen LogP contribution in [0.2, 0.25) is 5.02 Å². The summed E-state index contributed by atoms with van der Waals surface area (Å²) < 4.78 is 6.84. The van der Waals surface area contributed by atoms with Crippen LogP contribution in [0, 0.1) is 0 Å². The van der Waals surface area contributed by atoms with Crippen LogP contribution in [0.3, 0.4) is 0 Å². The van der Waals surface area contributed by atoms with Crippen molar-refractivity contribution >= 4 is 38.9 Å². The summed E-state index contributed by atoms with van der Waals surface area (Å²) in [5.74, 6) is 0.717. The Hall–Kier alpha value is -0.550. The third-order valence-corrected chi connectivity index (χ3v) is 5.13. The smallest absolute Gasteiger partial charge is 0.138 e. The second-order valence-electron chi connectivity index (χ2n) is 4.18. The molecule has 2 rings (SSSR count). The summed E-state index contributed by atoms with van der Waals surface area (Å²) >= 11 is 11.4. The van der Waals surface area contributed by atoms with Crippen molar-refractivity contribution in [2.24, 2.45) is 0 Å². The maximum atomic E-state index is 6.25. The van der Waals surface area contributed by atoms with Gasteiger partial charge in [0.15, 0.2) is 0 Å². The summed E-state index contributed by atoms with van der Waals surface area (Å²) in [6.07, 6.45) is 0. The number of nitrogens with one attached hydrogen (secondary N) is 1. The predicted octanol–water partition coefficient (Wildman–Crippen LogP) is 5.02. The molecule has 1 heterocycles. The lowest BCUT2D eigenvalue weighted by molar-refractivity contribution is 0.309. The van der Waals surface area contributed by atoms with Crippen molar-refractivity contribution in [3.63, 3.8) is 0 Å². The average molecular weight is 361 g/mol. The standard InChI is InChI=1S/C14H15BrClNOS/c1-9(17-2)10-3-4-13(12(16)7-10)18-8-14-11(15)5-6-19-14/h3-7,9,17H,8H2,1-2H3. The second-order valence-corrected chi connectivity index (χ2v) is 6.44. The summed E-state index contributed by atoms with van der Waals surface area (Å²) in [5, 5.41) is 5.86. The van der Waals surface area contributed by atoms with Crippen LogP contribution >= 0.6 is 38.9 Å². The Bertz CT molecular complexity index is 558. The third kappa shape index (κ3) is 3.72. The van der Waals surface area contributed by atoms with E-state index in [2.05, 4.69) is 28.2 Å². The molecule has 0 aliphatic carbocycles. The molecule has 2 aromatic rings. The van der Waals surface area contributed by atoms with Gasteiger partial charge < -0.3 is 10.1 Å². The molecular formula is C14H15BrClNOS. The van der Waals surface area contributed by atoms with Gasteiger partial charge in [-0.05, 0) is 59.0 Å². The lowest BCUT2D eigenvalue weighted by atomic mass is 10.1. The van der Waals surface area contributed by atoms with Crippen LogP contribution in [0.5, 0.6) is 5.75 Å². The predicted molar refractivity (Wildman–Crippen MR) is 85.3 cm³/mol. The van der Waals surface area contributed by atoms with Crippen molar-refractivity contribution in [2.45, 2.75) is 19.6 Å². The minimum atomic E-state index is 0.276. The maximum Gasteiger partial charge on any atom is 0.138 e. The van der Waals surface area contributed by atoms with Crippen LogP contribution in [0.15, 0.2) is 34.1 Å². The highest BCUT2D eigenvalue weighted by molar-refractivity contribution is 9.10. The summed E-state index contributed by atoms with van der Waals surface area (Å²) in [5.41, 5.74) is 1.15. The van der Waals surface area contributed by atoms with Gasteiger partial charge in [-0.2, -0.15) is 0 Å². The van der Waals surface area contributed by atoms with E-state index in [4.69, 9.17) is 16.3 Å². The van der Waals surface area contributed by atoms with Gasteiger partial charge in [0.05, 0.1) is 9.90 Å². The number of thiophene rings is 1. The summed E-state index contributed by atoms with van der Waals surface area (Å²) in [4.78, 5) is 1.16. The molecule has 102 valence electrons. The van der Waals surface area contributed by atoms with E-state index in [1.54, 1.807) is 11.3 Å². The molecule has 0 aliphatic rings. The van der Waals surface area contributed by atoms with Gasteiger partial charge in [-0.1, -0.05) is 17.7 Å². The van der Waals surface area contributed by atoms with Crippen LogP contribution < -0.4 is 10.1 Å². The number of ether oxygens (including phenoxy) is 1. The number of hydrogen-bond acceptors (Lipinski definition) is 3. The molecule has 0 saturated heterocycles. The molecular weight excluding hydrogens is 346 g/mol. The lowest BCUT2D eigenvalue weighted by Crippen LogP contribution is -2.12. The first-order valence-electron chi connectivity index (χ1n) is 5.93. The third-order valence-electron chi connectivity index (χ3n) is 2.94. The summed E-state index contributed by atoms with van der Waals surface area (Å²) in [6, 6.07) is 8.20. The zero-order chi connectivity index (χ0) is 13.8. The molecule has 1 aromatic carbocycles. The van der Waals surface area contributed by atoms with Crippen LogP contribution in [-0.2, 0) is 6.61 Å². The lowest BCUT2D eigenvalue weighted by Gasteiger charge is -2.13. The highest BCUT2D eigenvalue weighted by atomic mass is 79.9. The second kappa shape index (κ2) is 6.75. The van der Waals surface area contributed by atoms with Crippen LogP contribution in [-0.4, -0.2) is 7.05 Å². The fourth-order valence-corrected chi connectivity index (χ4v) is 3.26. The van der Waals surface area contributed by atoms with Crippen molar-refractivity contribution in [1.82, 2.24) is 5.32 Å². The Morgan fingerprint density at radius 1 is 1.42 bits per heavy atom. The Morgan fingerprint density at radius 3 is 2.79 bits per heavy atom. The van der Waals surface area contributed by atoms with E-state index in [1.165, 1.54) is 0 Å². The van der Waals surface area contributed by atoms with E-state index >= 15 is 0 Å². The molecule has 0 saturated carbocycles. The fourth-order valence-electron chi connectivity index (χ4n) is 1.64. The normalized spacial score (nSPS) is 12.4. The van der Waals surface area contributed by atoms with Crippen molar-refractivity contribution < 1.29 is 4.74 Å². The van der Waals surface area contributed by atoms with Gasteiger partial charge in [0.25, 0.3) is 0 Å². The molecule has 0 amide bonds. The Morgan fingerprint density at radius 2 is 2.21 bits per heavy atom. The minimum absolute atomic E-state index is 0.276. The minimum Gasteiger partial charge on any atom is -0.486 e. The first kappa shape index (κ1) is 14.9. The van der Waals surface area contributed by atoms with Crippen molar-refractivity contribution in [3.8, 4) is 5.75 Å². The molecule has 0 aliphatic heterocycles. The van der Waals surface area contributed by atoms with E-state index in [0.29, 0.717) is 17.4 Å². The van der Waals surface area contributed by atoms with E-state index < -0.39 is 0 Å². The molecule has 1 unspecified atom stereocenters. The molecule has 2 nitrogen and oxygen atoms in total. The highest BCUT2D eigenvalue weighted by Crippen LogP contribution is 2.30.